The third-order valence-electron chi connectivity index (χ3n) is 9.63. The molecule has 2 atom stereocenters. The van der Waals surface area contributed by atoms with E-state index in [2.05, 4.69) is 10.6 Å². The molecule has 0 aromatic heterocycles. The molecule has 7 N–H and O–H groups in total. The number of phenols is 3. The van der Waals surface area contributed by atoms with Crippen LogP contribution in [-0.2, 0) is 11.2 Å². The lowest BCUT2D eigenvalue weighted by molar-refractivity contribution is -0.123. The lowest BCUT2D eigenvalue weighted by Gasteiger charge is -2.36. The van der Waals surface area contributed by atoms with E-state index in [0.717, 1.165) is 17.0 Å². The van der Waals surface area contributed by atoms with Crippen molar-refractivity contribution in [3.05, 3.63) is 80.6 Å². The van der Waals surface area contributed by atoms with Gasteiger partial charge in [-0.2, -0.15) is 4.39 Å². The number of likely N-dealkylation sites (tertiary alicyclic amines) is 1. The highest BCUT2D eigenvalue weighted by Crippen LogP contribution is 2.41. The zero-order chi connectivity index (χ0) is 40.9. The summed E-state index contributed by atoms with van der Waals surface area (Å²) in [5, 5.41) is 53.4. The van der Waals surface area contributed by atoms with Gasteiger partial charge in [-0.1, -0.05) is 17.7 Å². The number of aromatic carboxylic acids is 1. The number of phenolic OH excluding ortho intramolecular Hbond substituents is 3. The van der Waals surface area contributed by atoms with Gasteiger partial charge in [-0.05, 0) is 43.0 Å². The number of nitrogens with zero attached hydrogens (tertiary/aromatic N) is 3. The highest BCUT2D eigenvalue weighted by atomic mass is 35.5. The minimum Gasteiger partial charge on any atom is -0.534 e. The van der Waals surface area contributed by atoms with Crippen LogP contribution in [0.1, 0.15) is 50.7 Å². The Labute approximate surface area is 316 Å². The fourth-order valence-corrected chi connectivity index (χ4v) is 6.97. The molecule has 16 nitrogen and oxygen atoms in total. The molecule has 0 bridgehead atoms. The number of hydrogen-bond acceptors (Lipinski definition) is 10. The van der Waals surface area contributed by atoms with Crippen molar-refractivity contribution in [1.82, 2.24) is 25.3 Å². The number of imide groups is 1. The molecule has 0 saturated carbocycles. The third-order valence-corrected chi connectivity index (χ3v) is 10.0. The van der Waals surface area contributed by atoms with Crippen LogP contribution in [0, 0.1) is 29.1 Å². The quantitative estimate of drug-likeness (QED) is 0.0794. The van der Waals surface area contributed by atoms with Crippen LogP contribution < -0.4 is 15.3 Å². The number of aromatic hydroxyl groups is 3. The standard InChI is InChI=1S/C33H28BClF5N5O11/c35-21-14(10-18(38)25(46)26(21)47)24(29(49)41-19-9-12-1-2-16(36)20(31(51)52)28(12)56-34(19)55)42-32(53)45-8-7-44(33(45)54)13-3-5-43(6-4-13)30(50)15-11-17(37)23(40)27(48)22(15)39/h1-2,10-11,13,19,24,46-48,55H,3-9H2,(H,41,49)(H,42,53)(H,51,52). The average Bonchev–Trinajstić information content (AvgIpc) is 3.56. The molecule has 0 spiro atoms. The van der Waals surface area contributed by atoms with Gasteiger partial charge in [-0.15, -0.1) is 0 Å². The number of benzene rings is 3. The van der Waals surface area contributed by atoms with Crippen molar-refractivity contribution in [3.8, 4) is 23.0 Å². The second-order valence-corrected chi connectivity index (χ2v) is 13.3. The van der Waals surface area contributed by atoms with Gasteiger partial charge in [-0.25, -0.2) is 36.8 Å². The highest BCUT2D eigenvalue weighted by Gasteiger charge is 2.43. The van der Waals surface area contributed by atoms with Crippen molar-refractivity contribution in [3.63, 3.8) is 0 Å². The number of carboxylic acids is 1. The summed E-state index contributed by atoms with van der Waals surface area (Å²) >= 11 is 6.15. The largest absolute Gasteiger partial charge is 0.547 e. The predicted octanol–water partition coefficient (Wildman–Crippen LogP) is 2.78. The van der Waals surface area contributed by atoms with Crippen LogP contribution in [0.3, 0.4) is 0 Å². The number of carbonyl (C=O) groups is 5. The van der Waals surface area contributed by atoms with Crippen molar-refractivity contribution in [2.75, 3.05) is 26.2 Å². The Morgan fingerprint density at radius 3 is 2.23 bits per heavy atom. The monoisotopic (exact) mass is 811 g/mol. The van der Waals surface area contributed by atoms with Crippen molar-refractivity contribution in [2.24, 2.45) is 0 Å². The molecule has 23 heteroatoms. The van der Waals surface area contributed by atoms with E-state index in [1.54, 1.807) is 0 Å². The molecule has 0 radical (unpaired) electrons. The molecule has 0 aliphatic carbocycles. The van der Waals surface area contributed by atoms with Gasteiger partial charge >= 0.3 is 25.1 Å². The Balaban J connectivity index is 1.17. The Morgan fingerprint density at radius 2 is 1.57 bits per heavy atom. The van der Waals surface area contributed by atoms with Crippen molar-refractivity contribution in [1.29, 1.82) is 0 Å². The summed E-state index contributed by atoms with van der Waals surface area (Å²) in [6, 6.07) is -1.91. The SMILES string of the molecule is O=C(O)c1c(F)ccc2c1OB(O)C(NC(=O)C(NC(=O)N1CCN(C3CCN(C(=O)c4cc(F)c(F)c(O)c4F)CC3)C1=O)c1cc(F)c(O)c(O)c1Cl)C2. The molecule has 3 aliphatic rings. The molecule has 6 amide bonds. The van der Waals surface area contributed by atoms with E-state index in [9.17, 15) is 71.4 Å². The van der Waals surface area contributed by atoms with E-state index in [4.69, 9.17) is 16.3 Å². The fourth-order valence-electron chi connectivity index (χ4n) is 6.72. The number of rotatable bonds is 7. The molecule has 3 aliphatic heterocycles. The third kappa shape index (κ3) is 7.12. The minimum atomic E-state index is -2.04. The van der Waals surface area contributed by atoms with Gasteiger partial charge in [0.15, 0.2) is 34.7 Å². The molecule has 2 unspecified atom stereocenters. The number of carboxylic acid groups (broad SMARTS) is 1. The van der Waals surface area contributed by atoms with Gasteiger partial charge in [0.25, 0.3) is 5.91 Å². The second-order valence-electron chi connectivity index (χ2n) is 12.9. The maximum Gasteiger partial charge on any atom is 0.547 e. The summed E-state index contributed by atoms with van der Waals surface area (Å²) in [6.07, 6.45) is -0.159. The minimum absolute atomic E-state index is 0.0489. The lowest BCUT2D eigenvalue weighted by atomic mass is 9.72. The maximum atomic E-state index is 14.7. The first-order valence-corrected chi connectivity index (χ1v) is 16.9. The van der Waals surface area contributed by atoms with Crippen molar-refractivity contribution in [2.45, 2.75) is 37.3 Å². The number of nitrogens with one attached hydrogen (secondary N) is 2. The first-order chi connectivity index (χ1) is 26.4. The smallest absolute Gasteiger partial charge is 0.534 e. The number of halogens is 6. The molecule has 6 rings (SSSR count). The van der Waals surface area contributed by atoms with Crippen molar-refractivity contribution >= 4 is 48.6 Å². The molecule has 3 aromatic rings. The maximum absolute atomic E-state index is 14.7. The van der Waals surface area contributed by atoms with Crippen LogP contribution in [0.25, 0.3) is 0 Å². The first kappa shape index (κ1) is 39.7. The molecule has 2 saturated heterocycles. The molecular weight excluding hydrogens is 784 g/mol. The number of amides is 6. The predicted molar refractivity (Wildman–Crippen MR) is 179 cm³/mol. The van der Waals surface area contributed by atoms with Crippen LogP contribution in [0.5, 0.6) is 23.0 Å². The van der Waals surface area contributed by atoms with E-state index in [-0.39, 0.29) is 51.0 Å². The number of fused-ring (bicyclic) bond motifs is 1. The summed E-state index contributed by atoms with van der Waals surface area (Å²) in [5.41, 5.74) is -2.34. The van der Waals surface area contributed by atoms with Crippen LogP contribution >= 0.6 is 11.6 Å². The van der Waals surface area contributed by atoms with Gasteiger partial charge in [-0.3, -0.25) is 9.59 Å². The Morgan fingerprint density at radius 1 is 0.893 bits per heavy atom. The number of piperidine rings is 1. The number of carbonyl (C=O) groups excluding carboxylic acids is 4. The van der Waals surface area contributed by atoms with Crippen molar-refractivity contribution < 1.29 is 76.0 Å². The first-order valence-electron chi connectivity index (χ1n) is 16.5. The van der Waals surface area contributed by atoms with Gasteiger partial charge in [0.1, 0.15) is 23.2 Å². The van der Waals surface area contributed by atoms with Gasteiger partial charge in [0.2, 0.25) is 11.7 Å². The Bertz CT molecular complexity index is 2180. The number of urea groups is 2. The van der Waals surface area contributed by atoms with E-state index in [1.165, 1.54) is 4.90 Å². The normalized spacial score (nSPS) is 17.7. The zero-order valence-corrected chi connectivity index (χ0v) is 29.1. The van der Waals surface area contributed by atoms with Gasteiger partial charge in [0, 0.05) is 37.8 Å². The summed E-state index contributed by atoms with van der Waals surface area (Å²) in [6.45, 7) is -0.492. The van der Waals surface area contributed by atoms with Crippen LogP contribution in [0.4, 0.5) is 31.5 Å². The molecule has 56 heavy (non-hydrogen) atoms. The second kappa shape index (κ2) is 15.2. The summed E-state index contributed by atoms with van der Waals surface area (Å²) in [7, 11) is -1.98. The van der Waals surface area contributed by atoms with E-state index >= 15 is 0 Å². The van der Waals surface area contributed by atoms with Crippen LogP contribution in [-0.4, -0.2) is 115 Å². The molecule has 3 aromatic carbocycles. The average molecular weight is 812 g/mol. The van der Waals surface area contributed by atoms with Gasteiger partial charge in [0.05, 0.1) is 16.5 Å². The van der Waals surface area contributed by atoms with Crippen LogP contribution in [0.2, 0.25) is 5.02 Å². The molecular formula is C33H28BClF5N5O11. The fraction of sp³-hybridized carbons (Fsp3) is 0.303. The van der Waals surface area contributed by atoms with E-state index < -0.39 is 129 Å². The van der Waals surface area contributed by atoms with E-state index in [1.807, 2.05) is 0 Å². The van der Waals surface area contributed by atoms with E-state index in [0.29, 0.717) is 17.0 Å². The summed E-state index contributed by atoms with van der Waals surface area (Å²) < 4.78 is 75.8. The van der Waals surface area contributed by atoms with Crippen LogP contribution in [0.15, 0.2) is 24.3 Å². The topological polar surface area (TPSA) is 230 Å². The molecule has 296 valence electrons. The van der Waals surface area contributed by atoms with Gasteiger partial charge < -0.3 is 50.5 Å². The lowest BCUT2D eigenvalue weighted by Crippen LogP contribution is -2.56. The molecule has 3 heterocycles. The zero-order valence-electron chi connectivity index (χ0n) is 28.4. The Hall–Kier alpha value is -6.03. The molecule has 2 fully saturated rings. The Kier molecular flexibility index (Phi) is 10.8. The highest BCUT2D eigenvalue weighted by molar-refractivity contribution is 6.47. The summed E-state index contributed by atoms with van der Waals surface area (Å²) in [4.78, 5) is 68.4. The number of hydrogen-bond donors (Lipinski definition) is 7. The summed E-state index contributed by atoms with van der Waals surface area (Å²) in [5.74, 6) is -17.8.